The van der Waals surface area contributed by atoms with Crippen molar-refractivity contribution < 1.29 is 9.13 Å². The van der Waals surface area contributed by atoms with Gasteiger partial charge in [0.2, 0.25) is 0 Å². The molecule has 6 aromatic rings. The molecule has 4 nitrogen and oxygen atoms in total. The molecular weight excluding hydrogens is 807 g/mol. The third kappa shape index (κ3) is 8.81. The number of benzene rings is 4. The van der Waals surface area contributed by atoms with Crippen LogP contribution in [0.2, 0.25) is 0 Å². The third-order valence-corrected chi connectivity index (χ3v) is 16.2. The number of hydrogen-bond acceptors (Lipinski definition) is 0. The molecule has 0 radical (unpaired) electrons. The number of hydrogen-bond donors (Lipinski definition) is 0. The third-order valence-electron chi connectivity index (χ3n) is 12.4. The van der Waals surface area contributed by atoms with Crippen molar-refractivity contribution >= 4 is 39.5 Å². The molecule has 0 aliphatic carbocycles. The summed E-state index contributed by atoms with van der Waals surface area (Å²) in [5, 5.41) is 0. The molecule has 6 rings (SSSR count). The number of imidazole rings is 2. The van der Waals surface area contributed by atoms with Gasteiger partial charge in [0.1, 0.15) is 57.6 Å². The van der Waals surface area contributed by atoms with Crippen LogP contribution in [0.5, 0.6) is 0 Å². The first-order chi connectivity index (χ1) is 28.7. The Morgan fingerprint density at radius 3 is 1.08 bits per heavy atom. The number of nitrogens with zero attached hydrogens (tertiary/aromatic N) is 4. The van der Waals surface area contributed by atoms with Crippen LogP contribution in [0, 0.1) is 0 Å². The maximum absolute atomic E-state index is 8.59. The van der Waals surface area contributed by atoms with Crippen molar-refractivity contribution in [2.45, 2.75) is 158 Å². The molecule has 61 heavy (non-hydrogen) atoms. The highest BCUT2D eigenvalue weighted by molar-refractivity contribution is 8.26. The van der Waals surface area contributed by atoms with Gasteiger partial charge in [-0.15, -0.1) is 0 Å². The number of rotatable bonds is 14. The summed E-state index contributed by atoms with van der Waals surface area (Å²) in [6, 6.07) is 27.1. The van der Waals surface area contributed by atoms with Crippen LogP contribution in [-0.4, -0.2) is 9.13 Å². The van der Waals surface area contributed by atoms with Crippen molar-refractivity contribution in [1.82, 2.24) is 9.13 Å². The lowest BCUT2D eigenvalue weighted by Crippen LogP contribution is -2.50. The van der Waals surface area contributed by atoms with Gasteiger partial charge in [0, 0.05) is 44.5 Å². The van der Waals surface area contributed by atoms with E-state index in [1.54, 1.807) is 0 Å². The van der Waals surface area contributed by atoms with Crippen molar-refractivity contribution in [2.24, 2.45) is 0 Å². The fraction of sp³-hybridized carbons (Fsp3) is 0.444. The maximum atomic E-state index is 8.59. The van der Waals surface area contributed by atoms with Gasteiger partial charge in [0.05, 0.1) is 0 Å². The van der Waals surface area contributed by atoms with Crippen LogP contribution in [0.25, 0.3) is 22.7 Å². The summed E-state index contributed by atoms with van der Waals surface area (Å²) in [5.74, 6) is -1.17. The first-order valence-corrected chi connectivity index (χ1v) is 26.4. The van der Waals surface area contributed by atoms with Crippen molar-refractivity contribution in [3.8, 4) is 22.7 Å². The molecule has 0 aliphatic rings. The molecule has 0 bridgehead atoms. The predicted octanol–water partition coefficient (Wildman–Crippen LogP) is 15.1. The first-order valence-electron chi connectivity index (χ1n) is 22.8. The zero-order valence-corrected chi connectivity index (χ0v) is 42.3. The largest absolute Gasteiger partial charge is 0.452 e. The van der Waals surface area contributed by atoms with E-state index < -0.39 is 5.97 Å². The second-order valence-corrected chi connectivity index (χ2v) is 25.1. The summed E-state index contributed by atoms with van der Waals surface area (Å²) in [4.78, 5) is 0. The van der Waals surface area contributed by atoms with Crippen molar-refractivity contribution in [3.05, 3.63) is 142 Å². The average Bonchev–Trinajstić information content (AvgIpc) is 3.86. The van der Waals surface area contributed by atoms with E-state index in [0.717, 1.165) is 11.0 Å². The molecule has 7 heteroatoms. The van der Waals surface area contributed by atoms with E-state index in [1.165, 1.54) is 67.3 Å². The van der Waals surface area contributed by atoms with E-state index in [0.29, 0.717) is 11.8 Å². The Bertz CT molecular complexity index is 2310. The van der Waals surface area contributed by atoms with Crippen LogP contribution < -0.4 is 20.1 Å². The van der Waals surface area contributed by atoms with Crippen LogP contribution in [0.15, 0.2) is 97.7 Å². The van der Waals surface area contributed by atoms with Gasteiger partial charge in [-0.05, 0) is 47.3 Å². The fourth-order valence-corrected chi connectivity index (χ4v) is 12.7. The van der Waals surface area contributed by atoms with Crippen LogP contribution >= 0.6 is 28.4 Å². The van der Waals surface area contributed by atoms with Crippen LogP contribution in [0.3, 0.4) is 0 Å². The molecule has 0 saturated heterocycles. The van der Waals surface area contributed by atoms with Gasteiger partial charge in [0.25, 0.3) is 6.33 Å². The summed E-state index contributed by atoms with van der Waals surface area (Å²) in [6.07, 6.45) is 9.03. The Morgan fingerprint density at radius 2 is 0.738 bits per heavy atom. The van der Waals surface area contributed by atoms with Crippen molar-refractivity contribution in [1.29, 1.82) is 0 Å². The molecule has 0 aliphatic heterocycles. The Morgan fingerprint density at radius 1 is 0.426 bits per heavy atom. The molecular formula is C54H72Cl2N4P+3. The molecule has 2 aromatic heterocycles. The van der Waals surface area contributed by atoms with Crippen LogP contribution in [-0.2, 0) is 0 Å². The molecule has 0 unspecified atom stereocenters. The standard InChI is InChI=1S/C54H72Cl2N4P/c1-33(2)41-21-17-22-42(34(3)4)50(41)57-31-49(60(32-57)53-47(39(13)14)27-20-28-48(53)40(15)16)61(55,56)54-58(51-43(35(5)6)23-18-24-44(51)36(7)8)29-30-59(54)52-45(37(9)10)25-19-26-46(52)38(11)12/h17-40H,1-16H3/q+3. The first kappa shape index (κ1) is 46.8. The molecule has 0 N–H and O–H groups in total. The molecule has 2 heterocycles. The van der Waals surface area contributed by atoms with Crippen LogP contribution in [0.1, 0.15) is 203 Å². The zero-order valence-electron chi connectivity index (χ0n) is 39.8. The quantitative estimate of drug-likeness (QED) is 0.0766. The minimum atomic E-state index is -3.37. The minimum Gasteiger partial charge on any atom is -0.197 e. The zero-order chi connectivity index (χ0) is 44.8. The monoisotopic (exact) mass is 877 g/mol. The SMILES string of the molecule is CC(C)c1cccc(C(C)C)c1-n1c[n+](-c2c(C(C)C)cccc2C(C)C)cc1[P+](Cl)(Cl)c1n(-c2c(C(C)C)cccc2C(C)C)cc[n+]1-c1c(C(C)C)cccc1C(C)C. The normalized spacial score (nSPS) is 12.6. The lowest BCUT2D eigenvalue weighted by molar-refractivity contribution is -0.595. The van der Waals surface area contributed by atoms with E-state index in [2.05, 4.69) is 227 Å². The molecule has 0 amide bonds. The van der Waals surface area contributed by atoms with E-state index in [9.17, 15) is 0 Å². The molecule has 0 saturated carbocycles. The second-order valence-electron chi connectivity index (χ2n) is 19.6. The van der Waals surface area contributed by atoms with Crippen LogP contribution in [0.4, 0.5) is 0 Å². The highest BCUT2D eigenvalue weighted by Gasteiger charge is 2.61. The predicted molar refractivity (Wildman–Crippen MR) is 265 cm³/mol. The lowest BCUT2D eigenvalue weighted by Gasteiger charge is -2.20. The summed E-state index contributed by atoms with van der Waals surface area (Å²) < 4.78 is 9.49. The summed E-state index contributed by atoms with van der Waals surface area (Å²) in [7, 11) is 0. The number of para-hydroxylation sites is 4. The Labute approximate surface area is 378 Å². The fourth-order valence-electron chi connectivity index (χ4n) is 9.19. The second kappa shape index (κ2) is 18.6. The van der Waals surface area contributed by atoms with Crippen molar-refractivity contribution in [3.63, 3.8) is 0 Å². The van der Waals surface area contributed by atoms with Gasteiger partial charge in [-0.2, -0.15) is 18.3 Å². The Balaban J connectivity index is 1.87. The lowest BCUT2D eigenvalue weighted by atomic mass is 9.92. The maximum Gasteiger partial charge on any atom is 0.452 e. The Hall–Kier alpha value is -3.69. The highest BCUT2D eigenvalue weighted by Crippen LogP contribution is 2.66. The molecule has 4 aromatic carbocycles. The topological polar surface area (TPSA) is 17.6 Å². The summed E-state index contributed by atoms with van der Waals surface area (Å²) in [6.45, 7) is 36.6. The van der Waals surface area contributed by atoms with Crippen molar-refractivity contribution in [2.75, 3.05) is 0 Å². The van der Waals surface area contributed by atoms with E-state index >= 15 is 0 Å². The number of halogens is 2. The van der Waals surface area contributed by atoms with Gasteiger partial charge in [-0.3, -0.25) is 0 Å². The highest BCUT2D eigenvalue weighted by atomic mass is 35.9. The van der Waals surface area contributed by atoms with Gasteiger partial charge in [-0.1, -0.05) is 184 Å². The average molecular weight is 879 g/mol. The molecule has 0 fully saturated rings. The van der Waals surface area contributed by atoms with E-state index in [4.69, 9.17) is 22.5 Å². The molecule has 0 atom stereocenters. The Kier molecular flexibility index (Phi) is 14.2. The van der Waals surface area contributed by atoms with Gasteiger partial charge in [-0.25, -0.2) is 0 Å². The van der Waals surface area contributed by atoms with E-state index in [-0.39, 0.29) is 35.5 Å². The molecule has 0 spiro atoms. The van der Waals surface area contributed by atoms with Gasteiger partial charge in [0.15, 0.2) is 6.20 Å². The molecule has 324 valence electrons. The smallest absolute Gasteiger partial charge is 0.197 e. The van der Waals surface area contributed by atoms with Gasteiger partial charge < -0.3 is 0 Å². The van der Waals surface area contributed by atoms with Gasteiger partial charge >= 0.3 is 17.0 Å². The summed E-state index contributed by atoms with van der Waals surface area (Å²) in [5.41, 5.74) is 16.7. The van der Waals surface area contributed by atoms with E-state index in [1.807, 2.05) is 0 Å². The summed E-state index contributed by atoms with van der Waals surface area (Å²) >= 11 is 17.2. The minimum absolute atomic E-state index is 0.261. The number of aromatic nitrogens is 4.